The van der Waals surface area contributed by atoms with Crippen LogP contribution in [0.3, 0.4) is 0 Å². The number of rotatable bonds is 15. The third kappa shape index (κ3) is 9.29. The van der Waals surface area contributed by atoms with Crippen LogP contribution in [0.25, 0.3) is 0 Å². The third-order valence-electron chi connectivity index (χ3n) is 13.9. The number of thiazole rings is 1. The van der Waals surface area contributed by atoms with Crippen LogP contribution in [-0.4, -0.2) is 88.5 Å². The van der Waals surface area contributed by atoms with Crippen molar-refractivity contribution in [2.24, 2.45) is 28.6 Å². The molecular formula is C41H64N6O7S2. The Bertz CT molecular complexity index is 1740. The van der Waals surface area contributed by atoms with E-state index in [1.165, 1.54) is 11.3 Å². The topological polar surface area (TPSA) is 184 Å². The van der Waals surface area contributed by atoms with E-state index in [1.54, 1.807) is 37.2 Å². The van der Waals surface area contributed by atoms with Gasteiger partial charge in [-0.2, -0.15) is 0 Å². The minimum absolute atomic E-state index is 0.0613. The Kier molecular flexibility index (Phi) is 12.4. The van der Waals surface area contributed by atoms with Crippen molar-refractivity contribution in [3.05, 3.63) is 16.6 Å². The predicted molar refractivity (Wildman–Crippen MR) is 215 cm³/mol. The maximum Gasteiger partial charge on any atom is 0.315 e. The maximum atomic E-state index is 15.0. The number of amides is 5. The zero-order valence-corrected chi connectivity index (χ0v) is 35.8. The number of aromatic nitrogens is 1. The van der Waals surface area contributed by atoms with Crippen LogP contribution in [0.2, 0.25) is 0 Å². The van der Waals surface area contributed by atoms with E-state index in [1.807, 2.05) is 6.92 Å². The molecule has 5 fully saturated rings. The van der Waals surface area contributed by atoms with Gasteiger partial charge in [-0.15, -0.1) is 11.3 Å². The number of hydrogen-bond acceptors (Lipinski definition) is 9. The first-order valence-electron chi connectivity index (χ1n) is 20.9. The van der Waals surface area contributed by atoms with Crippen molar-refractivity contribution in [1.29, 1.82) is 0 Å². The molecule has 0 radical (unpaired) electrons. The Morgan fingerprint density at radius 3 is 2.18 bits per heavy atom. The Labute approximate surface area is 337 Å². The van der Waals surface area contributed by atoms with E-state index >= 15 is 4.79 Å². The summed E-state index contributed by atoms with van der Waals surface area (Å²) in [7, 11) is -3.58. The van der Waals surface area contributed by atoms with Crippen molar-refractivity contribution in [2.75, 3.05) is 12.3 Å². The second kappa shape index (κ2) is 16.3. The number of sulfone groups is 1. The van der Waals surface area contributed by atoms with Gasteiger partial charge in [0.1, 0.15) is 17.1 Å². The predicted octanol–water partition coefficient (Wildman–Crippen LogP) is 5.04. The van der Waals surface area contributed by atoms with Gasteiger partial charge in [-0.25, -0.2) is 18.2 Å². The highest BCUT2D eigenvalue weighted by Gasteiger charge is 2.70. The molecule has 1 aliphatic heterocycles. The highest BCUT2D eigenvalue weighted by atomic mass is 32.2. The number of hydrogen-bond donors (Lipinski definition) is 4. The fraction of sp³-hybridized carbons (Fsp3) is 0.805. The monoisotopic (exact) mass is 816 g/mol. The van der Waals surface area contributed by atoms with Crippen molar-refractivity contribution in [1.82, 2.24) is 31.2 Å². The minimum Gasteiger partial charge on any atom is -0.344 e. The molecule has 1 aromatic rings. The first-order valence-corrected chi connectivity index (χ1v) is 23.4. The van der Waals surface area contributed by atoms with Crippen LogP contribution in [0.1, 0.15) is 136 Å². The zero-order valence-electron chi connectivity index (χ0n) is 34.2. The normalized spacial score (nSPS) is 26.2. The molecule has 2 heterocycles. The smallest absolute Gasteiger partial charge is 0.315 e. The largest absolute Gasteiger partial charge is 0.344 e. The van der Waals surface area contributed by atoms with Crippen LogP contribution in [0.5, 0.6) is 0 Å². The molecule has 5 amide bonds. The van der Waals surface area contributed by atoms with Crippen LogP contribution < -0.4 is 21.3 Å². The number of nitrogens with one attached hydrogen (secondary N) is 4. The Hall–Kier alpha value is -3.07. The molecule has 0 aromatic carbocycles. The molecule has 4 saturated carbocycles. The standard InChI is InChI=1S/C41H64N6O7S2/c1-38(2,3)56(53,54)25-41(19-11-8-12-20-41)46-37(52)45-33(40(6)17-9-7-10-18-40)36(51)47-24-27-30(39(27,4)5)31(47)34(49)44-28(16-15-26-13-14-26)32(48)35(50)43-23-29-42-21-22-55-29/h21-22,26-28,30-31,33H,7-20,23-25H2,1-6H3,(H,43,50)(H,44,49)(H2,45,46,52)/t27-,28?,30-,31-,33+/m0/s1. The van der Waals surface area contributed by atoms with Crippen molar-refractivity contribution in [2.45, 2.75) is 166 Å². The molecule has 0 bridgehead atoms. The molecular weight excluding hydrogens is 753 g/mol. The van der Waals surface area contributed by atoms with Crippen LogP contribution in [0.15, 0.2) is 11.6 Å². The van der Waals surface area contributed by atoms with E-state index < -0.39 is 67.3 Å². The molecule has 1 unspecified atom stereocenters. The molecule has 1 saturated heterocycles. The van der Waals surface area contributed by atoms with Crippen LogP contribution in [0.4, 0.5) is 4.79 Å². The summed E-state index contributed by atoms with van der Waals surface area (Å²) in [5.41, 5.74) is -1.75. The Morgan fingerprint density at radius 2 is 1.59 bits per heavy atom. The number of carbonyl (C=O) groups is 5. The fourth-order valence-corrected chi connectivity index (χ4v) is 11.8. The van der Waals surface area contributed by atoms with Gasteiger partial charge in [-0.1, -0.05) is 72.1 Å². The average molecular weight is 817 g/mol. The Morgan fingerprint density at radius 1 is 0.946 bits per heavy atom. The number of likely N-dealkylation sites (tertiary alicyclic amines) is 1. The zero-order chi connectivity index (χ0) is 40.7. The van der Waals surface area contributed by atoms with Crippen molar-refractivity contribution < 1.29 is 32.4 Å². The van der Waals surface area contributed by atoms with Gasteiger partial charge < -0.3 is 26.2 Å². The van der Waals surface area contributed by atoms with Gasteiger partial charge in [0, 0.05) is 18.1 Å². The van der Waals surface area contributed by atoms with Gasteiger partial charge in [0.15, 0.2) is 9.84 Å². The summed E-state index contributed by atoms with van der Waals surface area (Å²) in [5, 5.41) is 14.2. The van der Waals surface area contributed by atoms with E-state index in [0.29, 0.717) is 56.0 Å². The quantitative estimate of drug-likeness (QED) is 0.178. The summed E-state index contributed by atoms with van der Waals surface area (Å²) in [4.78, 5) is 76.2. The van der Waals surface area contributed by atoms with Crippen molar-refractivity contribution >= 4 is 50.7 Å². The molecule has 4 aliphatic carbocycles. The summed E-state index contributed by atoms with van der Waals surface area (Å²) in [6.45, 7) is 11.7. The maximum absolute atomic E-state index is 15.0. The number of nitrogens with zero attached hydrogens (tertiary/aromatic N) is 2. The second-order valence-corrected chi connectivity index (χ2v) is 23.1. The summed E-state index contributed by atoms with van der Waals surface area (Å²) < 4.78 is 26.0. The number of piperidine rings is 1. The molecule has 312 valence electrons. The number of carbonyl (C=O) groups excluding carboxylic acids is 5. The third-order valence-corrected chi connectivity index (χ3v) is 17.4. The molecule has 1 aromatic heterocycles. The second-order valence-electron chi connectivity index (χ2n) is 19.4. The van der Waals surface area contributed by atoms with Crippen molar-refractivity contribution in [3.8, 4) is 0 Å². The number of fused-ring (bicyclic) bond motifs is 1. The van der Waals surface area contributed by atoms with E-state index in [2.05, 4.69) is 40.1 Å². The summed E-state index contributed by atoms with van der Waals surface area (Å²) in [5.74, 6) is -2.09. The molecule has 56 heavy (non-hydrogen) atoms. The molecule has 6 rings (SSSR count). The van der Waals surface area contributed by atoms with Gasteiger partial charge in [0.25, 0.3) is 5.91 Å². The average Bonchev–Trinajstić information content (AvgIpc) is 3.86. The number of ketones is 1. The highest BCUT2D eigenvalue weighted by molar-refractivity contribution is 7.92. The first-order chi connectivity index (χ1) is 26.3. The summed E-state index contributed by atoms with van der Waals surface area (Å²) in [6, 6.07) is -3.44. The SMILES string of the molecule is CC1([C@H](NC(=O)NC2(CS(=O)(=O)C(C)(C)C)CCCCC2)C(=O)N2C[C@H]3[C@@H]([C@H]2C(=O)NC(CCC2CC2)C(=O)C(=O)NCc2nccs2)C3(C)C)CCCCC1. The van der Waals surface area contributed by atoms with Gasteiger partial charge in [-0.05, 0) is 87.9 Å². The van der Waals surface area contributed by atoms with E-state index in [4.69, 9.17) is 0 Å². The van der Waals surface area contributed by atoms with E-state index in [-0.39, 0.29) is 35.5 Å². The van der Waals surface area contributed by atoms with Crippen molar-refractivity contribution in [3.63, 3.8) is 0 Å². The first kappa shape index (κ1) is 42.5. The van der Waals surface area contributed by atoms with Gasteiger partial charge in [0.05, 0.1) is 28.6 Å². The van der Waals surface area contributed by atoms with Gasteiger partial charge in [0.2, 0.25) is 17.6 Å². The van der Waals surface area contributed by atoms with E-state index in [0.717, 1.165) is 51.4 Å². The van der Waals surface area contributed by atoms with Crippen LogP contribution in [-0.2, 0) is 35.6 Å². The molecule has 15 heteroatoms. The molecule has 13 nitrogen and oxygen atoms in total. The van der Waals surface area contributed by atoms with Crippen LogP contribution in [0, 0.1) is 28.6 Å². The summed E-state index contributed by atoms with van der Waals surface area (Å²) in [6.07, 6.45) is 12.6. The molecule has 0 spiro atoms. The lowest BCUT2D eigenvalue weighted by Gasteiger charge is -2.44. The minimum atomic E-state index is -3.58. The molecule has 5 aliphatic rings. The lowest BCUT2D eigenvalue weighted by atomic mass is 9.70. The lowest BCUT2D eigenvalue weighted by molar-refractivity contribution is -0.146. The van der Waals surface area contributed by atoms with Crippen LogP contribution >= 0.6 is 11.3 Å². The fourth-order valence-electron chi connectivity index (χ4n) is 9.76. The summed E-state index contributed by atoms with van der Waals surface area (Å²) >= 11 is 1.37. The number of Topliss-reactive ketones (excluding diaryl/α,β-unsaturated/α-hetero) is 1. The van der Waals surface area contributed by atoms with Gasteiger partial charge in [-0.3, -0.25) is 19.2 Å². The lowest BCUT2D eigenvalue weighted by Crippen LogP contribution is -2.65. The van der Waals surface area contributed by atoms with E-state index in [9.17, 15) is 27.6 Å². The molecule has 5 atom stereocenters. The molecule has 4 N–H and O–H groups in total. The highest BCUT2D eigenvalue weighted by Crippen LogP contribution is 2.65. The Balaban J connectivity index is 1.22. The number of urea groups is 1. The van der Waals surface area contributed by atoms with Gasteiger partial charge >= 0.3 is 6.03 Å².